The summed E-state index contributed by atoms with van der Waals surface area (Å²) < 4.78 is 11.9. The lowest BCUT2D eigenvalue weighted by molar-refractivity contribution is 0.116. The van der Waals surface area contributed by atoms with Crippen molar-refractivity contribution in [2.75, 3.05) is 25.2 Å². The number of fused-ring (bicyclic) bond motifs is 3. The van der Waals surface area contributed by atoms with Crippen LogP contribution in [0.2, 0.25) is 0 Å². The van der Waals surface area contributed by atoms with Crippen LogP contribution < -0.4 is 9.64 Å². The van der Waals surface area contributed by atoms with Gasteiger partial charge in [-0.2, -0.15) is 0 Å². The van der Waals surface area contributed by atoms with Crippen LogP contribution in [0, 0.1) is 4.51 Å². The number of pyridine rings is 1. The highest BCUT2D eigenvalue weighted by Gasteiger charge is 2.37. The Morgan fingerprint density at radius 3 is 3.31 bits per heavy atom. The van der Waals surface area contributed by atoms with Crippen LogP contribution in [-0.2, 0) is 4.74 Å². The number of hydrogen-bond acceptors (Lipinski definition) is 4. The van der Waals surface area contributed by atoms with Gasteiger partial charge in [-0.1, -0.05) is 12.2 Å². The molecule has 0 spiro atoms. The normalized spacial score (nSPS) is 27.2. The Morgan fingerprint density at radius 2 is 2.50 bits per heavy atom. The van der Waals surface area contributed by atoms with Crippen LogP contribution in [0.1, 0.15) is 6.42 Å². The zero-order valence-corrected chi connectivity index (χ0v) is 9.92. The summed E-state index contributed by atoms with van der Waals surface area (Å²) in [6, 6.07) is 2.27. The van der Waals surface area contributed by atoms with E-state index in [4.69, 9.17) is 21.7 Å². The van der Waals surface area contributed by atoms with E-state index < -0.39 is 0 Å². The van der Waals surface area contributed by atoms with Gasteiger partial charge in [-0.05, 0) is 12.5 Å². The van der Waals surface area contributed by atoms with Crippen molar-refractivity contribution < 1.29 is 9.47 Å². The van der Waals surface area contributed by atoms with Crippen molar-refractivity contribution in [3.05, 3.63) is 16.8 Å². The summed E-state index contributed by atoms with van der Waals surface area (Å²) in [5.74, 6) is 1.81. The van der Waals surface area contributed by atoms with Crippen molar-refractivity contribution in [3.63, 3.8) is 0 Å². The predicted octanol–water partition coefficient (Wildman–Crippen LogP) is 1.73. The Morgan fingerprint density at radius 1 is 1.62 bits per heavy atom. The second-order valence-corrected chi connectivity index (χ2v) is 4.67. The van der Waals surface area contributed by atoms with E-state index in [1.165, 1.54) is 0 Å². The van der Waals surface area contributed by atoms with Crippen molar-refractivity contribution in [3.8, 4) is 5.75 Å². The summed E-state index contributed by atoms with van der Waals surface area (Å²) in [4.78, 5) is 5.53. The molecule has 2 aliphatic heterocycles. The molecule has 0 aliphatic carbocycles. The van der Waals surface area contributed by atoms with Crippen LogP contribution in [0.15, 0.2) is 12.3 Å². The first kappa shape index (κ1) is 10.1. The molecule has 2 unspecified atom stereocenters. The van der Waals surface area contributed by atoms with E-state index in [-0.39, 0.29) is 0 Å². The highest BCUT2D eigenvalue weighted by molar-refractivity contribution is 7.71. The van der Waals surface area contributed by atoms with Crippen LogP contribution in [-0.4, -0.2) is 37.4 Å². The smallest absolute Gasteiger partial charge is 0.177 e. The number of methoxy groups -OCH3 is 1. The van der Waals surface area contributed by atoms with E-state index in [9.17, 15) is 0 Å². The molecule has 1 fully saturated rings. The van der Waals surface area contributed by atoms with E-state index in [1.54, 1.807) is 7.11 Å². The van der Waals surface area contributed by atoms with Gasteiger partial charge in [-0.25, -0.2) is 0 Å². The monoisotopic (exact) mass is 238 g/mol. The maximum absolute atomic E-state index is 5.73. The van der Waals surface area contributed by atoms with E-state index in [2.05, 4.69) is 9.88 Å². The lowest BCUT2D eigenvalue weighted by Gasteiger charge is -2.32. The number of rotatable bonds is 1. The van der Waals surface area contributed by atoms with Crippen LogP contribution in [0.25, 0.3) is 0 Å². The first-order chi connectivity index (χ1) is 7.79. The SMILES string of the molecule is COC1CC2COc3c([nH]ccc3=S)N2C1. The maximum Gasteiger partial charge on any atom is 0.177 e. The van der Waals surface area contributed by atoms with Gasteiger partial charge < -0.3 is 19.4 Å². The van der Waals surface area contributed by atoms with Gasteiger partial charge in [0.1, 0.15) is 6.61 Å². The number of hydrogen-bond donors (Lipinski definition) is 1. The molecule has 4 nitrogen and oxygen atoms in total. The molecule has 1 saturated heterocycles. The summed E-state index contributed by atoms with van der Waals surface area (Å²) in [7, 11) is 1.76. The molecule has 1 aromatic heterocycles. The van der Waals surface area contributed by atoms with Crippen LogP contribution in [0.5, 0.6) is 5.75 Å². The van der Waals surface area contributed by atoms with Gasteiger partial charge in [0.2, 0.25) is 0 Å². The molecule has 0 radical (unpaired) electrons. The van der Waals surface area contributed by atoms with Gasteiger partial charge in [-0.15, -0.1) is 0 Å². The van der Waals surface area contributed by atoms with Gasteiger partial charge >= 0.3 is 0 Å². The molecule has 1 aromatic rings. The third kappa shape index (κ3) is 1.43. The van der Waals surface area contributed by atoms with E-state index in [1.807, 2.05) is 12.3 Å². The van der Waals surface area contributed by atoms with Gasteiger partial charge in [0, 0.05) is 19.9 Å². The number of aromatic amines is 1. The molecular formula is C11H14N2O2S. The van der Waals surface area contributed by atoms with E-state index in [0.717, 1.165) is 29.0 Å². The van der Waals surface area contributed by atoms with Crippen LogP contribution in [0.4, 0.5) is 5.82 Å². The Bertz CT molecular complexity index is 460. The topological polar surface area (TPSA) is 37.5 Å². The lowest BCUT2D eigenvalue weighted by Crippen LogP contribution is -2.38. The molecule has 86 valence electrons. The molecule has 0 aromatic carbocycles. The van der Waals surface area contributed by atoms with E-state index in [0.29, 0.717) is 18.8 Å². The molecular weight excluding hydrogens is 224 g/mol. The third-order valence-electron chi connectivity index (χ3n) is 3.31. The summed E-state index contributed by atoms with van der Waals surface area (Å²) in [6.07, 6.45) is 3.18. The van der Waals surface area contributed by atoms with Crippen molar-refractivity contribution in [1.82, 2.24) is 4.98 Å². The molecule has 0 saturated carbocycles. The van der Waals surface area contributed by atoms with Gasteiger partial charge in [0.15, 0.2) is 11.6 Å². The van der Waals surface area contributed by atoms with Crippen LogP contribution in [0.3, 0.4) is 0 Å². The fourth-order valence-corrected chi connectivity index (χ4v) is 2.69. The molecule has 1 N–H and O–H groups in total. The largest absolute Gasteiger partial charge is 0.486 e. The predicted molar refractivity (Wildman–Crippen MR) is 63.7 cm³/mol. The highest BCUT2D eigenvalue weighted by atomic mass is 32.1. The standard InChI is InChI=1S/C11H14N2O2S/c1-14-8-4-7-6-15-10-9(16)2-3-12-11(10)13(7)5-8/h2-3,7-8H,4-6H2,1H3,(H,12,16). The average molecular weight is 238 g/mol. The summed E-state index contributed by atoms with van der Waals surface area (Å²) >= 11 is 5.25. The summed E-state index contributed by atoms with van der Waals surface area (Å²) in [5, 5.41) is 0. The number of nitrogens with zero attached hydrogens (tertiary/aromatic N) is 1. The highest BCUT2D eigenvalue weighted by Crippen LogP contribution is 2.37. The Balaban J connectivity index is 2.01. The maximum atomic E-state index is 5.73. The molecule has 0 amide bonds. The second kappa shape index (κ2) is 3.75. The lowest BCUT2D eigenvalue weighted by atomic mass is 10.2. The van der Waals surface area contributed by atoms with E-state index >= 15 is 0 Å². The van der Waals surface area contributed by atoms with Gasteiger partial charge in [-0.3, -0.25) is 0 Å². The molecule has 3 heterocycles. The zero-order chi connectivity index (χ0) is 11.1. The fraction of sp³-hybridized carbons (Fsp3) is 0.545. The number of nitrogens with one attached hydrogen (secondary N) is 1. The quantitative estimate of drug-likeness (QED) is 0.756. The molecule has 5 heteroatoms. The zero-order valence-electron chi connectivity index (χ0n) is 9.10. The second-order valence-electron chi connectivity index (χ2n) is 4.23. The minimum atomic E-state index is 0.293. The van der Waals surface area contributed by atoms with Crippen molar-refractivity contribution in [1.29, 1.82) is 0 Å². The number of ether oxygens (including phenoxy) is 2. The summed E-state index contributed by atoms with van der Waals surface area (Å²) in [6.45, 7) is 1.61. The molecule has 0 bridgehead atoms. The number of aromatic nitrogens is 1. The number of H-pyrrole nitrogens is 1. The van der Waals surface area contributed by atoms with Crippen molar-refractivity contribution in [2.24, 2.45) is 0 Å². The Labute approximate surface area is 99.2 Å². The van der Waals surface area contributed by atoms with Crippen molar-refractivity contribution in [2.45, 2.75) is 18.6 Å². The van der Waals surface area contributed by atoms with Crippen LogP contribution >= 0.6 is 12.2 Å². The van der Waals surface area contributed by atoms with Gasteiger partial charge in [0.25, 0.3) is 0 Å². The van der Waals surface area contributed by atoms with Gasteiger partial charge in [0.05, 0.1) is 16.7 Å². The molecule has 16 heavy (non-hydrogen) atoms. The molecule has 3 rings (SSSR count). The number of anilines is 1. The Hall–Kier alpha value is -1.07. The summed E-state index contributed by atoms with van der Waals surface area (Å²) in [5.41, 5.74) is 0. The Kier molecular flexibility index (Phi) is 2.37. The third-order valence-corrected chi connectivity index (χ3v) is 3.63. The molecule has 2 atom stereocenters. The molecule has 2 aliphatic rings. The fourth-order valence-electron chi connectivity index (χ4n) is 2.46. The van der Waals surface area contributed by atoms with Crippen molar-refractivity contribution >= 4 is 18.0 Å². The minimum Gasteiger partial charge on any atom is -0.486 e. The first-order valence-electron chi connectivity index (χ1n) is 5.43. The minimum absolute atomic E-state index is 0.293. The first-order valence-corrected chi connectivity index (χ1v) is 5.84. The average Bonchev–Trinajstić information content (AvgIpc) is 2.72.